The van der Waals surface area contributed by atoms with Crippen molar-refractivity contribution in [2.75, 3.05) is 0 Å². The average molecular weight is 271 g/mol. The summed E-state index contributed by atoms with van der Waals surface area (Å²) in [5.41, 5.74) is 1.76. The van der Waals surface area contributed by atoms with Crippen LogP contribution in [0.4, 0.5) is 0 Å². The third kappa shape index (κ3) is 2.05. The van der Waals surface area contributed by atoms with Crippen LogP contribution in [0, 0.1) is 13.8 Å². The first kappa shape index (κ1) is 12.4. The number of benzene rings is 1. The lowest BCUT2D eigenvalue weighted by Crippen LogP contribution is -2.03. The maximum absolute atomic E-state index is 11.1. The lowest BCUT2D eigenvalue weighted by molar-refractivity contribution is 0.0697. The van der Waals surface area contributed by atoms with Crippen molar-refractivity contribution in [3.8, 4) is 0 Å². The van der Waals surface area contributed by atoms with Crippen LogP contribution in [0.5, 0.6) is 0 Å². The van der Waals surface area contributed by atoms with Crippen molar-refractivity contribution >= 4 is 17.0 Å². The second kappa shape index (κ2) is 4.48. The first-order valence-electron chi connectivity index (χ1n) is 6.16. The van der Waals surface area contributed by atoms with Gasteiger partial charge in [-0.25, -0.2) is 14.8 Å². The molecule has 102 valence electrons. The molecule has 1 aromatic carbocycles. The molecule has 3 rings (SSSR count). The summed E-state index contributed by atoms with van der Waals surface area (Å²) in [6, 6.07) is 4.88. The summed E-state index contributed by atoms with van der Waals surface area (Å²) in [6.45, 7) is 4.13. The maximum atomic E-state index is 11.1. The van der Waals surface area contributed by atoms with Gasteiger partial charge in [-0.2, -0.15) is 0 Å². The van der Waals surface area contributed by atoms with E-state index in [1.165, 1.54) is 0 Å². The van der Waals surface area contributed by atoms with Crippen LogP contribution in [0.3, 0.4) is 0 Å². The van der Waals surface area contributed by atoms with Crippen LogP contribution in [-0.4, -0.2) is 25.6 Å². The van der Waals surface area contributed by atoms with Crippen molar-refractivity contribution in [1.82, 2.24) is 14.5 Å². The molecule has 0 saturated heterocycles. The molecule has 0 unspecified atom stereocenters. The van der Waals surface area contributed by atoms with Gasteiger partial charge < -0.3 is 14.1 Å². The minimum atomic E-state index is -0.954. The number of fused-ring (bicyclic) bond motifs is 1. The number of imidazole rings is 1. The number of hydrogen-bond donors (Lipinski definition) is 1. The predicted molar refractivity (Wildman–Crippen MR) is 71.8 cm³/mol. The minimum absolute atomic E-state index is 0.238. The zero-order valence-corrected chi connectivity index (χ0v) is 11.1. The first-order valence-corrected chi connectivity index (χ1v) is 6.16. The molecule has 0 fully saturated rings. The van der Waals surface area contributed by atoms with E-state index in [4.69, 9.17) is 9.52 Å². The van der Waals surface area contributed by atoms with Crippen LogP contribution in [0.25, 0.3) is 11.0 Å². The van der Waals surface area contributed by atoms with Gasteiger partial charge in [0.1, 0.15) is 18.1 Å². The summed E-state index contributed by atoms with van der Waals surface area (Å²) in [5, 5.41) is 9.07. The molecule has 0 bridgehead atoms. The van der Waals surface area contributed by atoms with Crippen LogP contribution >= 0.6 is 0 Å². The highest BCUT2D eigenvalue weighted by Crippen LogP contribution is 2.19. The Kier molecular flexibility index (Phi) is 2.78. The molecular formula is C14H13N3O3. The number of aromatic carboxylic acids is 1. The maximum Gasteiger partial charge on any atom is 0.335 e. The molecule has 2 aromatic heterocycles. The lowest BCUT2D eigenvalue weighted by atomic mass is 10.2. The van der Waals surface area contributed by atoms with Gasteiger partial charge in [0.2, 0.25) is 5.89 Å². The van der Waals surface area contributed by atoms with E-state index in [1.807, 2.05) is 18.4 Å². The van der Waals surface area contributed by atoms with E-state index in [0.717, 1.165) is 22.6 Å². The Hall–Kier alpha value is -2.63. The van der Waals surface area contributed by atoms with Gasteiger partial charge in [0.05, 0.1) is 22.8 Å². The normalized spacial score (nSPS) is 11.1. The molecule has 0 atom stereocenters. The van der Waals surface area contributed by atoms with Crippen molar-refractivity contribution in [3.63, 3.8) is 0 Å². The number of oxazole rings is 1. The van der Waals surface area contributed by atoms with Crippen LogP contribution in [0.15, 0.2) is 28.8 Å². The van der Waals surface area contributed by atoms with Crippen molar-refractivity contribution in [2.24, 2.45) is 0 Å². The zero-order valence-electron chi connectivity index (χ0n) is 11.1. The largest absolute Gasteiger partial charge is 0.478 e. The Morgan fingerprint density at radius 2 is 2.20 bits per heavy atom. The highest BCUT2D eigenvalue weighted by Gasteiger charge is 2.13. The second-order valence-electron chi connectivity index (χ2n) is 4.62. The number of rotatable bonds is 3. The molecule has 20 heavy (non-hydrogen) atoms. The Balaban J connectivity index is 2.10. The monoisotopic (exact) mass is 271 g/mol. The third-order valence-electron chi connectivity index (χ3n) is 3.15. The summed E-state index contributed by atoms with van der Waals surface area (Å²) in [5.74, 6) is 1.15. The molecule has 0 aliphatic heterocycles. The van der Waals surface area contributed by atoms with Gasteiger partial charge in [0.15, 0.2) is 0 Å². The Bertz CT molecular complexity index is 801. The SMILES string of the molecule is Cc1cnc(Cn2c(C)nc3ccc(C(=O)O)cc32)o1. The van der Waals surface area contributed by atoms with Gasteiger partial charge in [-0.3, -0.25) is 0 Å². The number of carboxylic acid groups (broad SMARTS) is 1. The fraction of sp³-hybridized carbons (Fsp3) is 0.214. The smallest absolute Gasteiger partial charge is 0.335 e. The van der Waals surface area contributed by atoms with E-state index < -0.39 is 5.97 Å². The van der Waals surface area contributed by atoms with Crippen molar-refractivity contribution < 1.29 is 14.3 Å². The van der Waals surface area contributed by atoms with E-state index in [9.17, 15) is 4.79 Å². The molecule has 1 N–H and O–H groups in total. The van der Waals surface area contributed by atoms with Crippen LogP contribution < -0.4 is 0 Å². The molecule has 0 radical (unpaired) electrons. The third-order valence-corrected chi connectivity index (χ3v) is 3.15. The van der Waals surface area contributed by atoms with Gasteiger partial charge in [-0.15, -0.1) is 0 Å². The number of aromatic nitrogens is 3. The standard InChI is InChI=1S/C14H13N3O3/c1-8-6-15-13(20-8)7-17-9(2)16-11-4-3-10(14(18)19)5-12(11)17/h3-6H,7H2,1-2H3,(H,18,19). The second-order valence-corrected chi connectivity index (χ2v) is 4.62. The number of nitrogens with zero attached hydrogens (tertiary/aromatic N) is 3. The molecule has 6 heteroatoms. The van der Waals surface area contributed by atoms with Gasteiger partial charge in [0.25, 0.3) is 0 Å². The lowest BCUT2D eigenvalue weighted by Gasteiger charge is -2.04. The fourth-order valence-electron chi connectivity index (χ4n) is 2.19. The van der Waals surface area contributed by atoms with Gasteiger partial charge in [0, 0.05) is 0 Å². The molecule has 6 nitrogen and oxygen atoms in total. The number of carbonyl (C=O) groups is 1. The Morgan fingerprint density at radius 1 is 1.40 bits per heavy atom. The van der Waals surface area contributed by atoms with Crippen LogP contribution in [-0.2, 0) is 6.54 Å². The molecule has 3 aromatic rings. The summed E-state index contributed by atoms with van der Waals surface area (Å²) in [4.78, 5) is 19.6. The molecule has 2 heterocycles. The van der Waals surface area contributed by atoms with E-state index in [-0.39, 0.29) is 5.56 Å². The van der Waals surface area contributed by atoms with Crippen molar-refractivity contribution in [3.05, 3.63) is 47.4 Å². The van der Waals surface area contributed by atoms with E-state index in [0.29, 0.717) is 12.4 Å². The van der Waals surface area contributed by atoms with Gasteiger partial charge >= 0.3 is 5.97 Å². The fourth-order valence-corrected chi connectivity index (χ4v) is 2.19. The highest BCUT2D eigenvalue weighted by atomic mass is 16.4. The molecule has 0 saturated carbocycles. The van der Waals surface area contributed by atoms with Crippen LogP contribution in [0.2, 0.25) is 0 Å². The molecular weight excluding hydrogens is 258 g/mol. The molecule has 0 amide bonds. The summed E-state index contributed by atoms with van der Waals surface area (Å²) in [7, 11) is 0. The van der Waals surface area contributed by atoms with E-state index >= 15 is 0 Å². The Labute approximate surface area is 114 Å². The minimum Gasteiger partial charge on any atom is -0.478 e. The number of carboxylic acids is 1. The highest BCUT2D eigenvalue weighted by molar-refractivity contribution is 5.92. The molecule has 0 spiro atoms. The summed E-state index contributed by atoms with van der Waals surface area (Å²) in [6.07, 6.45) is 1.66. The quantitative estimate of drug-likeness (QED) is 0.791. The number of aryl methyl sites for hydroxylation is 2. The summed E-state index contributed by atoms with van der Waals surface area (Å²) < 4.78 is 7.36. The van der Waals surface area contributed by atoms with E-state index in [2.05, 4.69) is 9.97 Å². The predicted octanol–water partition coefficient (Wildman–Crippen LogP) is 2.39. The first-order chi connectivity index (χ1) is 9.54. The zero-order chi connectivity index (χ0) is 14.3. The van der Waals surface area contributed by atoms with Gasteiger partial charge in [-0.05, 0) is 32.0 Å². The number of hydrogen-bond acceptors (Lipinski definition) is 4. The van der Waals surface area contributed by atoms with Gasteiger partial charge in [-0.1, -0.05) is 0 Å². The van der Waals surface area contributed by atoms with Crippen molar-refractivity contribution in [1.29, 1.82) is 0 Å². The average Bonchev–Trinajstić information content (AvgIpc) is 2.94. The van der Waals surface area contributed by atoms with Crippen molar-refractivity contribution in [2.45, 2.75) is 20.4 Å². The molecule has 0 aliphatic rings. The van der Waals surface area contributed by atoms with Crippen LogP contribution in [0.1, 0.15) is 27.8 Å². The van der Waals surface area contributed by atoms with E-state index in [1.54, 1.807) is 24.4 Å². The topological polar surface area (TPSA) is 81.2 Å². The Morgan fingerprint density at radius 3 is 2.85 bits per heavy atom. The summed E-state index contributed by atoms with van der Waals surface area (Å²) >= 11 is 0. The molecule has 0 aliphatic carbocycles.